The number of hydrogen-bond acceptors (Lipinski definition) is 3. The van der Waals surface area contributed by atoms with E-state index in [1.165, 1.54) is 12.8 Å². The second-order valence-corrected chi connectivity index (χ2v) is 3.20. The van der Waals surface area contributed by atoms with E-state index in [0.29, 0.717) is 5.88 Å². The number of aromatic nitrogens is 1. The van der Waals surface area contributed by atoms with Crippen molar-refractivity contribution in [3.05, 3.63) is 23.9 Å². The van der Waals surface area contributed by atoms with Crippen LogP contribution in [0.15, 0.2) is 18.2 Å². The lowest BCUT2D eigenvalue weighted by atomic mass is 10.3. The third kappa shape index (κ3) is 3.75. The van der Waals surface area contributed by atoms with E-state index in [4.69, 9.17) is 4.74 Å². The minimum Gasteiger partial charge on any atom is -0.481 e. The maximum atomic E-state index is 5.04. The van der Waals surface area contributed by atoms with Gasteiger partial charge in [0, 0.05) is 12.6 Å². The Kier molecular flexibility index (Phi) is 5.00. The molecule has 0 saturated carbocycles. The van der Waals surface area contributed by atoms with Gasteiger partial charge in [-0.05, 0) is 19.0 Å². The van der Waals surface area contributed by atoms with Gasteiger partial charge in [0.2, 0.25) is 5.88 Å². The highest BCUT2D eigenvalue weighted by atomic mass is 16.5. The quantitative estimate of drug-likeness (QED) is 0.703. The molecule has 1 heterocycles. The Balaban J connectivity index is 2.34. The Bertz CT molecular complexity index is 263. The summed E-state index contributed by atoms with van der Waals surface area (Å²) in [5.41, 5.74) is 1.03. The van der Waals surface area contributed by atoms with Gasteiger partial charge in [0.15, 0.2) is 0 Å². The van der Waals surface area contributed by atoms with Crippen LogP contribution >= 0.6 is 0 Å². The van der Waals surface area contributed by atoms with Crippen LogP contribution in [0.1, 0.15) is 25.5 Å². The molecule has 0 saturated heterocycles. The summed E-state index contributed by atoms with van der Waals surface area (Å²) in [5.74, 6) is 0.680. The molecule has 1 aromatic heterocycles. The van der Waals surface area contributed by atoms with Crippen molar-refractivity contribution in [2.75, 3.05) is 13.7 Å². The number of nitrogens with zero attached hydrogens (tertiary/aromatic N) is 1. The Morgan fingerprint density at radius 3 is 3.00 bits per heavy atom. The van der Waals surface area contributed by atoms with Gasteiger partial charge in [-0.3, -0.25) is 0 Å². The van der Waals surface area contributed by atoms with E-state index < -0.39 is 0 Å². The molecule has 1 rings (SSSR count). The number of ether oxygens (including phenoxy) is 1. The van der Waals surface area contributed by atoms with Crippen molar-refractivity contribution < 1.29 is 4.74 Å². The lowest BCUT2D eigenvalue weighted by Gasteiger charge is -2.04. The predicted molar refractivity (Wildman–Crippen MR) is 57.4 cm³/mol. The fourth-order valence-corrected chi connectivity index (χ4v) is 1.19. The SMILES string of the molecule is CCCCNCc1cccc(OC)n1. The van der Waals surface area contributed by atoms with E-state index in [9.17, 15) is 0 Å². The standard InChI is InChI=1S/C11H18N2O/c1-3-4-8-12-9-10-6-5-7-11(13-10)14-2/h5-7,12H,3-4,8-9H2,1-2H3. The van der Waals surface area contributed by atoms with Crippen LogP contribution in [0.25, 0.3) is 0 Å². The van der Waals surface area contributed by atoms with Gasteiger partial charge >= 0.3 is 0 Å². The highest BCUT2D eigenvalue weighted by molar-refractivity contribution is 5.15. The first-order chi connectivity index (χ1) is 6.86. The molecular formula is C11H18N2O. The minimum absolute atomic E-state index is 0.680. The summed E-state index contributed by atoms with van der Waals surface area (Å²) in [5, 5.41) is 3.34. The van der Waals surface area contributed by atoms with Crippen LogP contribution in [0.2, 0.25) is 0 Å². The predicted octanol–water partition coefficient (Wildman–Crippen LogP) is 1.98. The smallest absolute Gasteiger partial charge is 0.213 e. The number of rotatable bonds is 6. The molecule has 0 radical (unpaired) electrons. The fraction of sp³-hybridized carbons (Fsp3) is 0.545. The first-order valence-corrected chi connectivity index (χ1v) is 5.07. The van der Waals surface area contributed by atoms with Crippen molar-refractivity contribution in [2.45, 2.75) is 26.3 Å². The van der Waals surface area contributed by atoms with Gasteiger partial charge in [-0.25, -0.2) is 4.98 Å². The third-order valence-electron chi connectivity index (χ3n) is 2.00. The largest absolute Gasteiger partial charge is 0.481 e. The van der Waals surface area contributed by atoms with Crippen molar-refractivity contribution in [3.8, 4) is 5.88 Å². The van der Waals surface area contributed by atoms with Gasteiger partial charge in [0.05, 0.1) is 12.8 Å². The molecule has 0 spiro atoms. The topological polar surface area (TPSA) is 34.1 Å². The summed E-state index contributed by atoms with van der Waals surface area (Å²) in [6, 6.07) is 5.82. The van der Waals surface area contributed by atoms with Crippen LogP contribution in [0.3, 0.4) is 0 Å². The molecule has 0 aliphatic heterocycles. The van der Waals surface area contributed by atoms with Crippen LogP contribution in [-0.4, -0.2) is 18.6 Å². The van der Waals surface area contributed by atoms with E-state index in [2.05, 4.69) is 17.2 Å². The zero-order valence-corrected chi connectivity index (χ0v) is 8.92. The highest BCUT2D eigenvalue weighted by Gasteiger charge is 1.96. The third-order valence-corrected chi connectivity index (χ3v) is 2.00. The molecule has 1 N–H and O–H groups in total. The maximum absolute atomic E-state index is 5.04. The Morgan fingerprint density at radius 1 is 1.43 bits per heavy atom. The lowest BCUT2D eigenvalue weighted by Crippen LogP contribution is -2.15. The molecule has 1 aromatic rings. The molecule has 78 valence electrons. The number of methoxy groups -OCH3 is 1. The van der Waals surface area contributed by atoms with Gasteiger partial charge in [-0.1, -0.05) is 19.4 Å². The first-order valence-electron chi connectivity index (χ1n) is 5.07. The van der Waals surface area contributed by atoms with E-state index in [1.54, 1.807) is 7.11 Å². The van der Waals surface area contributed by atoms with E-state index >= 15 is 0 Å². The van der Waals surface area contributed by atoms with E-state index in [0.717, 1.165) is 18.8 Å². The van der Waals surface area contributed by atoms with Crippen molar-refractivity contribution >= 4 is 0 Å². The summed E-state index contributed by atoms with van der Waals surface area (Å²) in [6.45, 7) is 4.05. The van der Waals surface area contributed by atoms with Crippen LogP contribution < -0.4 is 10.1 Å². The van der Waals surface area contributed by atoms with Crippen LogP contribution in [0, 0.1) is 0 Å². The summed E-state index contributed by atoms with van der Waals surface area (Å²) in [6.07, 6.45) is 2.43. The van der Waals surface area contributed by atoms with E-state index in [1.807, 2.05) is 18.2 Å². The molecule has 0 fully saturated rings. The van der Waals surface area contributed by atoms with E-state index in [-0.39, 0.29) is 0 Å². The Hall–Kier alpha value is -1.09. The van der Waals surface area contributed by atoms with Crippen LogP contribution in [0.4, 0.5) is 0 Å². The summed E-state index contributed by atoms with van der Waals surface area (Å²) in [4.78, 5) is 4.30. The van der Waals surface area contributed by atoms with Crippen molar-refractivity contribution in [1.29, 1.82) is 0 Å². The molecule has 3 heteroatoms. The van der Waals surface area contributed by atoms with Crippen molar-refractivity contribution in [3.63, 3.8) is 0 Å². The monoisotopic (exact) mass is 194 g/mol. The lowest BCUT2D eigenvalue weighted by molar-refractivity contribution is 0.395. The molecule has 0 aliphatic carbocycles. The molecule has 0 atom stereocenters. The minimum atomic E-state index is 0.680. The van der Waals surface area contributed by atoms with Crippen LogP contribution in [-0.2, 0) is 6.54 Å². The molecule has 14 heavy (non-hydrogen) atoms. The summed E-state index contributed by atoms with van der Waals surface area (Å²) < 4.78 is 5.04. The van der Waals surface area contributed by atoms with Gasteiger partial charge in [-0.2, -0.15) is 0 Å². The molecular weight excluding hydrogens is 176 g/mol. The number of pyridine rings is 1. The average Bonchev–Trinajstić information content (AvgIpc) is 2.25. The Morgan fingerprint density at radius 2 is 2.29 bits per heavy atom. The van der Waals surface area contributed by atoms with Gasteiger partial charge in [0.1, 0.15) is 0 Å². The fourth-order valence-electron chi connectivity index (χ4n) is 1.19. The molecule has 0 amide bonds. The average molecular weight is 194 g/mol. The normalized spacial score (nSPS) is 10.1. The molecule has 0 bridgehead atoms. The zero-order valence-electron chi connectivity index (χ0n) is 8.92. The zero-order chi connectivity index (χ0) is 10.2. The Labute approximate surface area is 85.5 Å². The maximum Gasteiger partial charge on any atom is 0.213 e. The van der Waals surface area contributed by atoms with Gasteiger partial charge in [0.25, 0.3) is 0 Å². The van der Waals surface area contributed by atoms with Crippen molar-refractivity contribution in [1.82, 2.24) is 10.3 Å². The number of unbranched alkanes of at least 4 members (excludes halogenated alkanes) is 1. The van der Waals surface area contributed by atoms with Crippen molar-refractivity contribution in [2.24, 2.45) is 0 Å². The highest BCUT2D eigenvalue weighted by Crippen LogP contribution is 2.05. The van der Waals surface area contributed by atoms with Gasteiger partial charge in [-0.15, -0.1) is 0 Å². The number of hydrogen-bond donors (Lipinski definition) is 1. The first kappa shape index (κ1) is 11.0. The molecule has 0 aromatic carbocycles. The molecule has 0 unspecified atom stereocenters. The second-order valence-electron chi connectivity index (χ2n) is 3.20. The summed E-state index contributed by atoms with van der Waals surface area (Å²) in [7, 11) is 1.64. The van der Waals surface area contributed by atoms with Crippen LogP contribution in [0.5, 0.6) is 5.88 Å². The van der Waals surface area contributed by atoms with Gasteiger partial charge < -0.3 is 10.1 Å². The molecule has 3 nitrogen and oxygen atoms in total. The number of nitrogens with one attached hydrogen (secondary N) is 1. The molecule has 0 aliphatic rings. The summed E-state index contributed by atoms with van der Waals surface area (Å²) >= 11 is 0. The second kappa shape index (κ2) is 6.38.